The molecule has 2 rings (SSSR count). The third-order valence-corrected chi connectivity index (χ3v) is 4.72. The van der Waals surface area contributed by atoms with Gasteiger partial charge in [0.05, 0.1) is 6.10 Å². The Labute approximate surface area is 142 Å². The third-order valence-electron chi connectivity index (χ3n) is 4.72. The smallest absolute Gasteiger partial charge is 0.407 e. The Hall–Kier alpha value is -0.770. The van der Waals surface area contributed by atoms with Crippen LogP contribution in [-0.4, -0.2) is 28.9 Å². The van der Waals surface area contributed by atoms with Gasteiger partial charge in [0.25, 0.3) is 0 Å². The van der Waals surface area contributed by atoms with Gasteiger partial charge in [0.15, 0.2) is 0 Å². The Balaban J connectivity index is 0.000000277. The monoisotopic (exact) mass is 327 g/mol. The van der Waals surface area contributed by atoms with Crippen LogP contribution in [0.4, 0.5) is 4.79 Å². The van der Waals surface area contributed by atoms with E-state index in [1.165, 1.54) is 25.7 Å². The molecule has 2 fully saturated rings. The van der Waals surface area contributed by atoms with Crippen molar-refractivity contribution < 1.29 is 14.6 Å². The number of aliphatic hydroxyl groups excluding tert-OH is 1. The first-order chi connectivity index (χ1) is 10.7. The number of carbonyl (C=O) groups excluding carboxylic acids is 1. The first kappa shape index (κ1) is 20.3. The highest BCUT2D eigenvalue weighted by Crippen LogP contribution is 2.24. The summed E-state index contributed by atoms with van der Waals surface area (Å²) in [6, 6.07) is 0.316. The van der Waals surface area contributed by atoms with Crippen molar-refractivity contribution >= 4 is 6.09 Å². The van der Waals surface area contributed by atoms with Crippen LogP contribution < -0.4 is 5.32 Å². The summed E-state index contributed by atoms with van der Waals surface area (Å²) in [6.45, 7) is 10.2. The van der Waals surface area contributed by atoms with Crippen LogP contribution in [0.1, 0.15) is 86.0 Å². The summed E-state index contributed by atoms with van der Waals surface area (Å²) in [6.07, 6.45) is 8.83. The lowest BCUT2D eigenvalue weighted by Gasteiger charge is -2.28. The molecule has 0 heterocycles. The van der Waals surface area contributed by atoms with Crippen LogP contribution in [0.15, 0.2) is 0 Å². The third kappa shape index (κ3) is 9.85. The number of carbonyl (C=O) groups is 1. The molecular weight excluding hydrogens is 290 g/mol. The molecule has 0 spiro atoms. The second kappa shape index (κ2) is 9.51. The topological polar surface area (TPSA) is 58.6 Å². The van der Waals surface area contributed by atoms with Crippen molar-refractivity contribution in [2.24, 2.45) is 11.8 Å². The average Bonchev–Trinajstić information content (AvgIpc) is 2.43. The Kier molecular flexibility index (Phi) is 8.38. The van der Waals surface area contributed by atoms with E-state index in [-0.39, 0.29) is 12.2 Å². The molecule has 2 saturated carbocycles. The quantitative estimate of drug-likeness (QED) is 0.737. The van der Waals surface area contributed by atoms with Crippen molar-refractivity contribution in [2.45, 2.75) is 104 Å². The first-order valence-electron chi connectivity index (χ1n) is 9.33. The Bertz CT molecular complexity index is 325. The summed E-state index contributed by atoms with van der Waals surface area (Å²) in [5, 5.41) is 12.0. The van der Waals surface area contributed by atoms with Crippen molar-refractivity contribution in [1.82, 2.24) is 5.32 Å². The summed E-state index contributed by atoms with van der Waals surface area (Å²) < 4.78 is 5.22. The van der Waals surface area contributed by atoms with Gasteiger partial charge >= 0.3 is 6.09 Å². The zero-order valence-electron chi connectivity index (χ0n) is 15.7. The standard InChI is InChI=1S/C12H23NO2.C7H14O/c1-9-5-7-10(8-6-9)13-11(14)15-12(2,3)4;1-6-2-4-7(8)5-3-6/h9-10H,5-8H2,1-4H3,(H,13,14);6-8H,2-5H2,1H3. The van der Waals surface area contributed by atoms with Gasteiger partial charge < -0.3 is 15.2 Å². The van der Waals surface area contributed by atoms with Crippen molar-refractivity contribution in [2.75, 3.05) is 0 Å². The highest BCUT2D eigenvalue weighted by atomic mass is 16.6. The molecule has 0 aromatic heterocycles. The predicted octanol–water partition coefficient (Wildman–Crippen LogP) is 4.65. The van der Waals surface area contributed by atoms with Crippen molar-refractivity contribution in [3.63, 3.8) is 0 Å². The fourth-order valence-corrected chi connectivity index (χ4v) is 3.12. The van der Waals surface area contributed by atoms with E-state index < -0.39 is 5.60 Å². The molecule has 2 N–H and O–H groups in total. The minimum atomic E-state index is -0.397. The number of amides is 1. The van der Waals surface area contributed by atoms with E-state index in [9.17, 15) is 4.79 Å². The molecule has 0 radical (unpaired) electrons. The molecular formula is C19H37NO3. The summed E-state index contributed by atoms with van der Waals surface area (Å²) in [5.41, 5.74) is -0.397. The van der Waals surface area contributed by atoms with Gasteiger partial charge in [-0.15, -0.1) is 0 Å². The SMILES string of the molecule is CC1CCC(NC(=O)OC(C)(C)C)CC1.CC1CCC(O)CC1. The van der Waals surface area contributed by atoms with Crippen LogP contribution in [0, 0.1) is 11.8 Å². The molecule has 0 aromatic carbocycles. The molecule has 0 bridgehead atoms. The van der Waals surface area contributed by atoms with E-state index in [1.54, 1.807) is 0 Å². The number of ether oxygens (including phenoxy) is 1. The van der Waals surface area contributed by atoms with E-state index >= 15 is 0 Å². The van der Waals surface area contributed by atoms with Gasteiger partial charge in [0.1, 0.15) is 5.60 Å². The molecule has 23 heavy (non-hydrogen) atoms. The lowest BCUT2D eigenvalue weighted by molar-refractivity contribution is 0.0488. The van der Waals surface area contributed by atoms with Gasteiger partial charge in [-0.2, -0.15) is 0 Å². The molecule has 1 amide bonds. The van der Waals surface area contributed by atoms with E-state index in [0.29, 0.717) is 6.04 Å². The van der Waals surface area contributed by atoms with Gasteiger partial charge in [-0.3, -0.25) is 0 Å². The van der Waals surface area contributed by atoms with Crippen LogP contribution >= 0.6 is 0 Å². The lowest BCUT2D eigenvalue weighted by atomic mass is 9.87. The molecule has 4 heteroatoms. The van der Waals surface area contributed by atoms with Crippen LogP contribution in [0.2, 0.25) is 0 Å². The van der Waals surface area contributed by atoms with Gasteiger partial charge in [-0.05, 0) is 84.0 Å². The first-order valence-corrected chi connectivity index (χ1v) is 9.33. The Morgan fingerprint density at radius 2 is 1.35 bits per heavy atom. The number of nitrogens with one attached hydrogen (secondary N) is 1. The molecule has 136 valence electrons. The summed E-state index contributed by atoms with van der Waals surface area (Å²) >= 11 is 0. The largest absolute Gasteiger partial charge is 0.444 e. The minimum Gasteiger partial charge on any atom is -0.444 e. The second-order valence-corrected chi connectivity index (χ2v) is 8.52. The molecule has 0 aliphatic heterocycles. The van der Waals surface area contributed by atoms with Crippen molar-refractivity contribution in [1.29, 1.82) is 0 Å². The molecule has 0 atom stereocenters. The van der Waals surface area contributed by atoms with Gasteiger partial charge in [0, 0.05) is 6.04 Å². The maximum Gasteiger partial charge on any atom is 0.407 e. The van der Waals surface area contributed by atoms with Crippen LogP contribution in [0.5, 0.6) is 0 Å². The number of hydrogen-bond acceptors (Lipinski definition) is 3. The minimum absolute atomic E-state index is 0.0196. The molecule has 4 nitrogen and oxygen atoms in total. The summed E-state index contributed by atoms with van der Waals surface area (Å²) in [4.78, 5) is 11.5. The summed E-state index contributed by atoms with van der Waals surface area (Å²) in [7, 11) is 0. The van der Waals surface area contributed by atoms with E-state index in [1.807, 2.05) is 20.8 Å². The molecule has 0 saturated heterocycles. The van der Waals surface area contributed by atoms with Crippen molar-refractivity contribution in [3.8, 4) is 0 Å². The van der Waals surface area contributed by atoms with Crippen molar-refractivity contribution in [3.05, 3.63) is 0 Å². The highest BCUT2D eigenvalue weighted by molar-refractivity contribution is 5.68. The van der Waals surface area contributed by atoms with Gasteiger partial charge in [-0.1, -0.05) is 13.8 Å². The molecule has 2 aliphatic carbocycles. The Morgan fingerprint density at radius 3 is 1.74 bits per heavy atom. The fourth-order valence-electron chi connectivity index (χ4n) is 3.12. The number of hydrogen-bond donors (Lipinski definition) is 2. The number of rotatable bonds is 1. The highest BCUT2D eigenvalue weighted by Gasteiger charge is 2.22. The molecule has 2 aliphatic rings. The van der Waals surface area contributed by atoms with Gasteiger partial charge in [-0.25, -0.2) is 4.79 Å². The van der Waals surface area contributed by atoms with Gasteiger partial charge in [0.2, 0.25) is 0 Å². The Morgan fingerprint density at radius 1 is 0.913 bits per heavy atom. The van der Waals surface area contributed by atoms with Crippen LogP contribution in [0.25, 0.3) is 0 Å². The molecule has 0 aromatic rings. The maximum absolute atomic E-state index is 11.5. The zero-order chi connectivity index (χ0) is 17.5. The second-order valence-electron chi connectivity index (χ2n) is 8.52. The number of alkyl carbamates (subject to hydrolysis) is 1. The summed E-state index contributed by atoms with van der Waals surface area (Å²) in [5.74, 6) is 1.67. The van der Waals surface area contributed by atoms with Crippen LogP contribution in [0.3, 0.4) is 0 Å². The zero-order valence-corrected chi connectivity index (χ0v) is 15.7. The van der Waals surface area contributed by atoms with E-state index in [2.05, 4.69) is 19.2 Å². The normalized spacial score (nSPS) is 31.6. The van der Waals surface area contributed by atoms with E-state index in [0.717, 1.165) is 37.5 Å². The fraction of sp³-hybridized carbons (Fsp3) is 0.947. The van der Waals surface area contributed by atoms with E-state index in [4.69, 9.17) is 9.84 Å². The molecule has 0 unspecified atom stereocenters. The lowest BCUT2D eigenvalue weighted by Crippen LogP contribution is -2.40. The predicted molar refractivity (Wildman–Crippen MR) is 94.4 cm³/mol. The number of aliphatic hydroxyl groups is 1. The average molecular weight is 328 g/mol. The van der Waals surface area contributed by atoms with Crippen LogP contribution in [-0.2, 0) is 4.74 Å². The maximum atomic E-state index is 11.5.